The summed E-state index contributed by atoms with van der Waals surface area (Å²) in [6, 6.07) is 6.12. The van der Waals surface area contributed by atoms with Crippen LogP contribution in [0.25, 0.3) is 0 Å². The van der Waals surface area contributed by atoms with Crippen LogP contribution in [0.4, 0.5) is 0 Å². The fourth-order valence-electron chi connectivity index (χ4n) is 2.32. The van der Waals surface area contributed by atoms with Gasteiger partial charge in [-0.05, 0) is 51.3 Å². The Labute approximate surface area is 175 Å². The Morgan fingerprint density at radius 2 is 1.77 bits per heavy atom. The summed E-state index contributed by atoms with van der Waals surface area (Å²) in [4.78, 5) is 4.54. The zero-order valence-electron chi connectivity index (χ0n) is 16.5. The first kappa shape index (κ1) is 24.8. The van der Waals surface area contributed by atoms with Crippen molar-refractivity contribution in [2.24, 2.45) is 4.99 Å². The van der Waals surface area contributed by atoms with E-state index in [0.29, 0.717) is 13.2 Å². The highest BCUT2D eigenvalue weighted by Gasteiger charge is 2.06. The Kier molecular flexibility index (Phi) is 15.2. The van der Waals surface area contributed by atoms with E-state index in [1.165, 1.54) is 5.56 Å². The largest absolute Gasteiger partial charge is 0.490 e. The van der Waals surface area contributed by atoms with E-state index in [1.54, 1.807) is 7.11 Å². The van der Waals surface area contributed by atoms with E-state index in [0.717, 1.165) is 56.5 Å². The third kappa shape index (κ3) is 10.1. The number of aliphatic imine (C=N–C) groups is 1. The van der Waals surface area contributed by atoms with E-state index in [1.807, 2.05) is 19.9 Å². The normalized spacial score (nSPS) is 10.8. The monoisotopic (exact) mass is 479 g/mol. The number of nitrogens with zero attached hydrogens (tertiary/aromatic N) is 1. The van der Waals surface area contributed by atoms with E-state index >= 15 is 0 Å². The second kappa shape index (κ2) is 16.0. The van der Waals surface area contributed by atoms with Gasteiger partial charge in [-0.1, -0.05) is 6.07 Å². The number of guanidine groups is 1. The third-order valence-corrected chi connectivity index (χ3v) is 3.43. The second-order valence-corrected chi connectivity index (χ2v) is 5.43. The molecule has 0 heterocycles. The van der Waals surface area contributed by atoms with Crippen LogP contribution in [0.2, 0.25) is 0 Å². The van der Waals surface area contributed by atoms with Crippen LogP contribution in [0.5, 0.6) is 11.5 Å². The lowest BCUT2D eigenvalue weighted by Gasteiger charge is -2.14. The molecule has 0 spiro atoms. The van der Waals surface area contributed by atoms with Crippen LogP contribution in [0.3, 0.4) is 0 Å². The molecule has 1 aromatic rings. The molecule has 7 heteroatoms. The van der Waals surface area contributed by atoms with Crippen molar-refractivity contribution in [3.63, 3.8) is 0 Å². The fraction of sp³-hybridized carbons (Fsp3) is 0.632. The van der Waals surface area contributed by atoms with E-state index in [4.69, 9.17) is 14.2 Å². The van der Waals surface area contributed by atoms with Gasteiger partial charge >= 0.3 is 0 Å². The minimum absolute atomic E-state index is 0. The Hall–Kier alpha value is -1.22. The van der Waals surface area contributed by atoms with Gasteiger partial charge in [-0.25, -0.2) is 0 Å². The van der Waals surface area contributed by atoms with Crippen LogP contribution in [-0.2, 0) is 11.2 Å². The van der Waals surface area contributed by atoms with Crippen LogP contribution < -0.4 is 20.1 Å². The molecule has 0 aliphatic rings. The van der Waals surface area contributed by atoms with E-state index in [2.05, 4.69) is 34.7 Å². The average molecular weight is 479 g/mol. The summed E-state index contributed by atoms with van der Waals surface area (Å²) in [5.41, 5.74) is 1.20. The summed E-state index contributed by atoms with van der Waals surface area (Å²) in [5, 5.41) is 6.62. The molecule has 1 rings (SSSR count). The van der Waals surface area contributed by atoms with Gasteiger partial charge in [0.05, 0.1) is 13.2 Å². The van der Waals surface area contributed by atoms with E-state index in [-0.39, 0.29) is 24.0 Å². The minimum Gasteiger partial charge on any atom is -0.490 e. The highest BCUT2D eigenvalue weighted by Crippen LogP contribution is 2.28. The molecule has 0 fully saturated rings. The fourth-order valence-corrected chi connectivity index (χ4v) is 2.32. The highest BCUT2D eigenvalue weighted by atomic mass is 127. The number of hydrogen-bond acceptors (Lipinski definition) is 4. The smallest absolute Gasteiger partial charge is 0.191 e. The van der Waals surface area contributed by atoms with Crippen molar-refractivity contribution in [1.29, 1.82) is 0 Å². The molecule has 26 heavy (non-hydrogen) atoms. The standard InChI is InChI=1S/C19H33N3O3.HI/c1-5-20-19(21-12-8-14-23-4)22-13-11-16-9-10-17(24-6-2)18(15-16)25-7-3;/h9-10,15H,5-8,11-14H2,1-4H3,(H2,20,21,22);1H. The Balaban J connectivity index is 0.00000625. The van der Waals surface area contributed by atoms with Gasteiger partial charge in [-0.15, -0.1) is 24.0 Å². The molecule has 0 bridgehead atoms. The molecular formula is C19H34IN3O3. The number of methoxy groups -OCH3 is 1. The van der Waals surface area contributed by atoms with Gasteiger partial charge in [0.15, 0.2) is 17.5 Å². The quantitative estimate of drug-likeness (QED) is 0.209. The molecule has 0 unspecified atom stereocenters. The third-order valence-electron chi connectivity index (χ3n) is 3.43. The topological polar surface area (TPSA) is 64.1 Å². The van der Waals surface area contributed by atoms with Crippen molar-refractivity contribution in [2.75, 3.05) is 46.6 Å². The predicted molar refractivity (Wildman–Crippen MR) is 118 cm³/mol. The zero-order chi connectivity index (χ0) is 18.3. The minimum atomic E-state index is 0. The van der Waals surface area contributed by atoms with Crippen LogP contribution >= 0.6 is 24.0 Å². The van der Waals surface area contributed by atoms with Gasteiger partial charge in [-0.3, -0.25) is 4.99 Å². The molecule has 0 atom stereocenters. The summed E-state index contributed by atoms with van der Waals surface area (Å²) in [6.45, 7) is 10.4. The zero-order valence-corrected chi connectivity index (χ0v) is 18.8. The second-order valence-electron chi connectivity index (χ2n) is 5.43. The number of hydrogen-bond donors (Lipinski definition) is 2. The molecule has 6 nitrogen and oxygen atoms in total. The number of halogens is 1. The summed E-state index contributed by atoms with van der Waals surface area (Å²) in [6.07, 6.45) is 1.80. The van der Waals surface area contributed by atoms with E-state index < -0.39 is 0 Å². The molecule has 0 saturated carbocycles. The lowest BCUT2D eigenvalue weighted by atomic mass is 10.1. The number of rotatable bonds is 12. The van der Waals surface area contributed by atoms with Crippen molar-refractivity contribution in [3.05, 3.63) is 23.8 Å². The molecular weight excluding hydrogens is 445 g/mol. The van der Waals surface area contributed by atoms with Crippen molar-refractivity contribution >= 4 is 29.9 Å². The van der Waals surface area contributed by atoms with Gasteiger partial charge in [0, 0.05) is 33.4 Å². The van der Waals surface area contributed by atoms with Crippen molar-refractivity contribution in [3.8, 4) is 11.5 Å². The summed E-state index contributed by atoms with van der Waals surface area (Å²) in [5.74, 6) is 2.45. The summed E-state index contributed by atoms with van der Waals surface area (Å²) < 4.78 is 16.3. The summed E-state index contributed by atoms with van der Waals surface area (Å²) in [7, 11) is 1.71. The molecule has 0 aliphatic carbocycles. The Morgan fingerprint density at radius 1 is 1.04 bits per heavy atom. The van der Waals surface area contributed by atoms with Crippen molar-refractivity contribution in [2.45, 2.75) is 33.6 Å². The number of nitrogens with one attached hydrogen (secondary N) is 2. The molecule has 150 valence electrons. The highest BCUT2D eigenvalue weighted by molar-refractivity contribution is 14.0. The van der Waals surface area contributed by atoms with Crippen LogP contribution in [0.15, 0.2) is 23.2 Å². The van der Waals surface area contributed by atoms with Crippen molar-refractivity contribution in [1.82, 2.24) is 10.6 Å². The molecule has 2 N–H and O–H groups in total. The van der Waals surface area contributed by atoms with Gasteiger partial charge in [0.2, 0.25) is 0 Å². The Morgan fingerprint density at radius 3 is 2.42 bits per heavy atom. The first-order valence-electron chi connectivity index (χ1n) is 9.14. The first-order valence-corrected chi connectivity index (χ1v) is 9.14. The number of ether oxygens (including phenoxy) is 3. The van der Waals surface area contributed by atoms with Crippen LogP contribution in [0, 0.1) is 0 Å². The lowest BCUT2D eigenvalue weighted by molar-refractivity contribution is 0.197. The number of benzene rings is 1. The predicted octanol–water partition coefficient (Wildman–Crippen LogP) is 3.24. The molecule has 0 aliphatic heterocycles. The van der Waals surface area contributed by atoms with E-state index in [9.17, 15) is 0 Å². The summed E-state index contributed by atoms with van der Waals surface area (Å²) >= 11 is 0. The van der Waals surface area contributed by atoms with Gasteiger partial charge in [-0.2, -0.15) is 0 Å². The van der Waals surface area contributed by atoms with Gasteiger partial charge in [0.1, 0.15) is 0 Å². The maximum absolute atomic E-state index is 5.68. The SMILES string of the molecule is CCNC(=NCCCOC)NCCc1ccc(OCC)c(OCC)c1.I. The maximum Gasteiger partial charge on any atom is 0.191 e. The molecule has 1 aromatic carbocycles. The first-order chi connectivity index (χ1) is 12.2. The van der Waals surface area contributed by atoms with Gasteiger partial charge in [0.25, 0.3) is 0 Å². The molecule has 0 aromatic heterocycles. The molecule has 0 saturated heterocycles. The van der Waals surface area contributed by atoms with Gasteiger partial charge < -0.3 is 24.8 Å². The average Bonchev–Trinajstić information content (AvgIpc) is 2.61. The molecule has 0 amide bonds. The van der Waals surface area contributed by atoms with Crippen molar-refractivity contribution < 1.29 is 14.2 Å². The lowest BCUT2D eigenvalue weighted by Crippen LogP contribution is -2.38. The van der Waals surface area contributed by atoms with Crippen LogP contribution in [0.1, 0.15) is 32.8 Å². The Bertz CT molecular complexity index is 513. The molecule has 0 radical (unpaired) electrons. The van der Waals surface area contributed by atoms with Crippen LogP contribution in [-0.4, -0.2) is 52.5 Å². The maximum atomic E-state index is 5.68.